The molecule has 1 aliphatic heterocycles. The molecule has 19 heteroatoms. The first-order valence-electron chi connectivity index (χ1n) is 7.47. The van der Waals surface area contributed by atoms with Crippen molar-refractivity contribution in [2.75, 3.05) is 6.61 Å². The summed E-state index contributed by atoms with van der Waals surface area (Å²) in [4.78, 5) is 60.3. The van der Waals surface area contributed by atoms with Gasteiger partial charge in [-0.2, -0.15) is 8.62 Å². The molecule has 1 fully saturated rings. The van der Waals surface area contributed by atoms with Crippen molar-refractivity contribution >= 4 is 23.5 Å². The topological polar surface area (TPSA) is 244 Å². The van der Waals surface area contributed by atoms with Crippen LogP contribution in [-0.2, 0) is 31.6 Å². The predicted molar refractivity (Wildman–Crippen MR) is 90.3 cm³/mol. The Morgan fingerprint density at radius 3 is 2.38 bits per heavy atom. The van der Waals surface area contributed by atoms with E-state index < -0.39 is 59.3 Å². The molecule has 0 amide bonds. The van der Waals surface area contributed by atoms with Crippen LogP contribution >= 0.6 is 23.5 Å². The van der Waals surface area contributed by atoms with Gasteiger partial charge in [0.1, 0.15) is 5.60 Å². The number of phosphoric acid groups is 3. The van der Waals surface area contributed by atoms with Gasteiger partial charge >= 0.3 is 29.2 Å². The summed E-state index contributed by atoms with van der Waals surface area (Å²) in [5.41, 5.74) is -3.27. The zero-order chi connectivity index (χ0) is 22.3. The highest BCUT2D eigenvalue weighted by Gasteiger charge is 2.47. The molecule has 2 unspecified atom stereocenters. The van der Waals surface area contributed by atoms with E-state index in [0.29, 0.717) is 0 Å². The largest absolute Gasteiger partial charge is 0.490 e. The van der Waals surface area contributed by atoms with E-state index in [1.165, 1.54) is 6.92 Å². The molecule has 1 aromatic rings. The van der Waals surface area contributed by atoms with Gasteiger partial charge in [0.15, 0.2) is 6.23 Å². The summed E-state index contributed by atoms with van der Waals surface area (Å²) in [5, 5.41) is 10.4. The van der Waals surface area contributed by atoms with Gasteiger partial charge in [-0.05, 0) is 6.92 Å². The van der Waals surface area contributed by atoms with E-state index in [1.807, 2.05) is 4.98 Å². The first-order valence-corrected chi connectivity index (χ1v) is 12.0. The summed E-state index contributed by atoms with van der Waals surface area (Å²) in [7, 11) is -16.5. The highest BCUT2D eigenvalue weighted by molar-refractivity contribution is 7.66. The lowest BCUT2D eigenvalue weighted by Gasteiger charge is -2.24. The maximum atomic E-state index is 11.9. The molecule has 29 heavy (non-hydrogen) atoms. The summed E-state index contributed by atoms with van der Waals surface area (Å²) in [6.45, 7) is 0.481. The third kappa shape index (κ3) is 7.03. The van der Waals surface area contributed by atoms with Gasteiger partial charge in [0.25, 0.3) is 5.56 Å². The fourth-order valence-electron chi connectivity index (χ4n) is 2.49. The molecular weight excluding hydrogens is 465 g/mol. The highest BCUT2D eigenvalue weighted by atomic mass is 31.3. The molecule has 0 radical (unpaired) electrons. The van der Waals surface area contributed by atoms with E-state index in [9.17, 15) is 33.3 Å². The van der Waals surface area contributed by atoms with Crippen LogP contribution in [0.25, 0.3) is 0 Å². The molecule has 0 aliphatic carbocycles. The van der Waals surface area contributed by atoms with Gasteiger partial charge in [-0.25, -0.2) is 18.5 Å². The SMILES string of the molecule is C[C@@]1(O)C[C@@H](COP(=O)(O)OP(=O)(O)OP(=O)(O)O)O[C@H]1n1ccc(=O)[nH]c1=O. The van der Waals surface area contributed by atoms with Crippen LogP contribution in [0.4, 0.5) is 0 Å². The van der Waals surface area contributed by atoms with Crippen LogP contribution in [0.15, 0.2) is 21.9 Å². The van der Waals surface area contributed by atoms with Crippen molar-refractivity contribution in [2.45, 2.75) is 31.3 Å². The third-order valence-electron chi connectivity index (χ3n) is 3.44. The number of ether oxygens (including phenoxy) is 1. The quantitative estimate of drug-likeness (QED) is 0.241. The Kier molecular flexibility index (Phi) is 6.92. The van der Waals surface area contributed by atoms with Crippen molar-refractivity contribution in [3.05, 3.63) is 33.1 Å². The normalized spacial score (nSPS) is 29.3. The first kappa shape index (κ1) is 24.3. The van der Waals surface area contributed by atoms with Gasteiger partial charge in [-0.3, -0.25) is 18.9 Å². The van der Waals surface area contributed by atoms with Crippen molar-refractivity contribution < 1.29 is 56.3 Å². The van der Waals surface area contributed by atoms with E-state index in [1.54, 1.807) is 0 Å². The predicted octanol–water partition coefficient (Wildman–Crippen LogP) is -1.08. The number of aromatic nitrogens is 2. The minimum absolute atomic E-state index is 0.237. The van der Waals surface area contributed by atoms with E-state index >= 15 is 0 Å². The van der Waals surface area contributed by atoms with Crippen molar-refractivity contribution in [3.63, 3.8) is 0 Å². The fraction of sp³-hybridized carbons (Fsp3) is 0.600. The summed E-state index contributed by atoms with van der Waals surface area (Å²) >= 11 is 0. The molecule has 6 N–H and O–H groups in total. The van der Waals surface area contributed by atoms with Gasteiger partial charge in [-0.1, -0.05) is 0 Å². The fourth-order valence-corrected chi connectivity index (χ4v) is 5.54. The van der Waals surface area contributed by atoms with E-state index in [-0.39, 0.29) is 6.42 Å². The lowest BCUT2D eigenvalue weighted by molar-refractivity contribution is -0.0892. The summed E-state index contributed by atoms with van der Waals surface area (Å²) < 4.78 is 51.3. The average Bonchev–Trinajstić information content (AvgIpc) is 2.76. The minimum atomic E-state index is -5.66. The smallest absolute Gasteiger partial charge is 0.385 e. The Morgan fingerprint density at radius 1 is 1.21 bits per heavy atom. The van der Waals surface area contributed by atoms with Gasteiger partial charge in [0.05, 0.1) is 12.7 Å². The van der Waals surface area contributed by atoms with Crippen molar-refractivity contribution in [3.8, 4) is 0 Å². The number of aromatic amines is 1. The van der Waals surface area contributed by atoms with Crippen molar-refractivity contribution in [1.82, 2.24) is 9.55 Å². The lowest BCUT2D eigenvalue weighted by atomic mass is 10.0. The second kappa shape index (κ2) is 8.27. The number of phosphoric ester groups is 1. The maximum Gasteiger partial charge on any atom is 0.490 e. The molecule has 0 spiro atoms. The number of rotatable bonds is 8. The molecule has 166 valence electrons. The van der Waals surface area contributed by atoms with Gasteiger partial charge in [0, 0.05) is 18.7 Å². The standard InChI is InChI=1S/C10H17N2O14P3/c1-10(15)4-6(24-8(10)12-3-2-7(13)11-9(12)14)5-23-28(19,20)26-29(21,22)25-27(16,17)18/h2-3,6,8,15H,4-5H2,1H3,(H,19,20)(H,21,22)(H,11,13,14)(H2,16,17,18)/t6-,8+,10+/m0/s1. The third-order valence-corrected chi connectivity index (χ3v) is 7.24. The van der Waals surface area contributed by atoms with E-state index in [2.05, 4.69) is 13.1 Å². The Bertz CT molecular complexity index is 1010. The Labute approximate surface area is 161 Å². The summed E-state index contributed by atoms with van der Waals surface area (Å²) in [5.74, 6) is 0. The Hall–Kier alpha value is -0.990. The molecule has 0 aromatic carbocycles. The molecule has 5 atom stereocenters. The molecule has 0 saturated carbocycles. The highest BCUT2D eigenvalue weighted by Crippen LogP contribution is 2.66. The number of nitrogens with zero attached hydrogens (tertiary/aromatic N) is 1. The second-order valence-corrected chi connectivity index (χ2v) is 10.5. The monoisotopic (exact) mass is 482 g/mol. The van der Waals surface area contributed by atoms with Gasteiger partial charge in [-0.15, -0.1) is 0 Å². The van der Waals surface area contributed by atoms with Crippen LogP contribution in [0.5, 0.6) is 0 Å². The van der Waals surface area contributed by atoms with Crippen molar-refractivity contribution in [1.29, 1.82) is 0 Å². The van der Waals surface area contributed by atoms with Crippen LogP contribution in [0.1, 0.15) is 19.6 Å². The van der Waals surface area contributed by atoms with Crippen LogP contribution in [-0.4, -0.2) is 52.5 Å². The molecule has 1 saturated heterocycles. The molecule has 1 aromatic heterocycles. The number of hydrogen-bond donors (Lipinski definition) is 6. The molecule has 16 nitrogen and oxygen atoms in total. The average molecular weight is 482 g/mol. The Balaban J connectivity index is 2.05. The summed E-state index contributed by atoms with van der Waals surface area (Å²) in [6.07, 6.45) is -1.62. The molecular formula is C10H17N2O14P3. The molecule has 2 rings (SSSR count). The number of aliphatic hydroxyl groups is 1. The Morgan fingerprint density at radius 2 is 1.83 bits per heavy atom. The van der Waals surface area contributed by atoms with Crippen LogP contribution < -0.4 is 11.2 Å². The zero-order valence-corrected chi connectivity index (χ0v) is 17.1. The number of H-pyrrole nitrogens is 1. The maximum absolute atomic E-state index is 11.9. The number of nitrogens with one attached hydrogen (secondary N) is 1. The van der Waals surface area contributed by atoms with Gasteiger partial charge in [0.2, 0.25) is 0 Å². The van der Waals surface area contributed by atoms with Crippen LogP contribution in [0.3, 0.4) is 0 Å². The first-order chi connectivity index (χ1) is 13.0. The second-order valence-electron chi connectivity index (χ2n) is 6.08. The molecule has 1 aliphatic rings. The van der Waals surface area contributed by atoms with E-state index in [0.717, 1.165) is 16.8 Å². The van der Waals surface area contributed by atoms with E-state index in [4.69, 9.17) is 19.4 Å². The van der Waals surface area contributed by atoms with Crippen LogP contribution in [0, 0.1) is 0 Å². The molecule has 2 heterocycles. The molecule has 0 bridgehead atoms. The summed E-state index contributed by atoms with van der Waals surface area (Å²) in [6, 6.07) is 1.00. The minimum Gasteiger partial charge on any atom is -0.385 e. The lowest BCUT2D eigenvalue weighted by Crippen LogP contribution is -2.40. The number of hydrogen-bond acceptors (Lipinski definition) is 10. The zero-order valence-electron chi connectivity index (χ0n) is 14.4. The van der Waals surface area contributed by atoms with Gasteiger partial charge < -0.3 is 29.4 Å². The van der Waals surface area contributed by atoms with Crippen molar-refractivity contribution in [2.24, 2.45) is 0 Å². The van der Waals surface area contributed by atoms with Crippen LogP contribution in [0.2, 0.25) is 0 Å².